The van der Waals surface area contributed by atoms with Gasteiger partial charge >= 0.3 is 19.5 Å². The first-order chi connectivity index (χ1) is 1.41. The molecule has 0 bridgehead atoms. The molecular formula is C3H7Ru. The predicted octanol–water partition coefficient (Wildman–Crippen LogP) is 1.23. The zero-order chi connectivity index (χ0) is 2.71. The van der Waals surface area contributed by atoms with Crippen LogP contribution < -0.4 is 0 Å². The van der Waals surface area contributed by atoms with Crippen molar-refractivity contribution in [2.24, 2.45) is 0 Å². The first-order valence-electron chi connectivity index (χ1n) is 1.15. The van der Waals surface area contributed by atoms with Crippen LogP contribution in [0.15, 0.2) is 0 Å². The second-order valence-corrected chi connectivity index (χ2v) is 0.577. The van der Waals surface area contributed by atoms with Crippen molar-refractivity contribution in [3.05, 3.63) is 6.42 Å². The summed E-state index contributed by atoms with van der Waals surface area (Å²) in [6.45, 7) is 4.00. The fourth-order valence-electron chi connectivity index (χ4n) is 0. The molecule has 1 heteroatoms. The van der Waals surface area contributed by atoms with Gasteiger partial charge in [0.2, 0.25) is 0 Å². The van der Waals surface area contributed by atoms with Crippen molar-refractivity contribution in [1.82, 2.24) is 0 Å². The molecular weight excluding hydrogens is 137 g/mol. The molecule has 0 heterocycles. The van der Waals surface area contributed by atoms with E-state index in [4.69, 9.17) is 0 Å². The van der Waals surface area contributed by atoms with E-state index in [2.05, 4.69) is 0 Å². The Labute approximate surface area is 40.4 Å². The van der Waals surface area contributed by atoms with E-state index >= 15 is 0 Å². The van der Waals surface area contributed by atoms with Gasteiger partial charge in [-0.05, 0) is 0 Å². The van der Waals surface area contributed by atoms with E-state index in [1.807, 2.05) is 20.3 Å². The van der Waals surface area contributed by atoms with Crippen molar-refractivity contribution >= 4 is 0 Å². The second kappa shape index (κ2) is 9.46. The molecule has 0 amide bonds. The summed E-state index contributed by atoms with van der Waals surface area (Å²) < 4.78 is 0. The molecule has 0 aliphatic heterocycles. The van der Waals surface area contributed by atoms with Crippen molar-refractivity contribution in [3.63, 3.8) is 0 Å². The summed E-state index contributed by atoms with van der Waals surface area (Å²) in [4.78, 5) is 0. The molecule has 27 valence electrons. The number of hydrogen-bond acceptors (Lipinski definition) is 0. The third kappa shape index (κ3) is 17.8. The molecule has 0 aromatic carbocycles. The molecule has 4 heavy (non-hydrogen) atoms. The predicted molar refractivity (Wildman–Crippen MR) is 15.6 cm³/mol. The smallest absolute Gasteiger partial charge is 0.335 e. The molecule has 0 saturated carbocycles. The monoisotopic (exact) mass is 145 g/mol. The molecule has 0 N–H and O–H groups in total. The molecule has 0 atom stereocenters. The Morgan fingerprint density at radius 3 is 1.25 bits per heavy atom. The van der Waals surface area contributed by atoms with Gasteiger partial charge in [0, 0.05) is 0 Å². The van der Waals surface area contributed by atoms with Gasteiger partial charge in [0.1, 0.15) is 0 Å². The van der Waals surface area contributed by atoms with E-state index in [1.54, 1.807) is 0 Å². The molecule has 0 spiro atoms. The maximum Gasteiger partial charge on any atom is 1.00 e. The van der Waals surface area contributed by atoms with E-state index in [-0.39, 0.29) is 19.5 Å². The summed E-state index contributed by atoms with van der Waals surface area (Å²) in [6.07, 6.45) is 2.00. The molecule has 0 aromatic heterocycles. The summed E-state index contributed by atoms with van der Waals surface area (Å²) in [5, 5.41) is 0. The number of hydrogen-bond donors (Lipinski definition) is 0. The molecule has 0 aromatic rings. The quantitative estimate of drug-likeness (QED) is 0.354. The van der Waals surface area contributed by atoms with Crippen LogP contribution in [0.4, 0.5) is 0 Å². The molecule has 0 rings (SSSR count). The maximum absolute atomic E-state index is 2.00. The van der Waals surface area contributed by atoms with Crippen LogP contribution in [-0.4, -0.2) is 0 Å². The Bertz CT molecular complexity index is 3.25. The minimum Gasteiger partial charge on any atom is -0.335 e. The summed E-state index contributed by atoms with van der Waals surface area (Å²) >= 11 is 0. The van der Waals surface area contributed by atoms with Gasteiger partial charge in [-0.25, -0.2) is 0 Å². The van der Waals surface area contributed by atoms with Crippen LogP contribution >= 0.6 is 0 Å². The van der Waals surface area contributed by atoms with E-state index in [0.29, 0.717) is 0 Å². The fraction of sp³-hybridized carbons (Fsp3) is 0.667. The van der Waals surface area contributed by atoms with Crippen LogP contribution in [0.5, 0.6) is 0 Å². The van der Waals surface area contributed by atoms with Crippen molar-refractivity contribution in [2.75, 3.05) is 0 Å². The van der Waals surface area contributed by atoms with Gasteiger partial charge in [-0.1, -0.05) is 0 Å². The number of rotatable bonds is 0. The zero-order valence-electron chi connectivity index (χ0n) is 2.93. The van der Waals surface area contributed by atoms with Crippen LogP contribution in [0, 0.1) is 6.42 Å². The molecule has 0 nitrogen and oxygen atoms in total. The van der Waals surface area contributed by atoms with E-state index < -0.39 is 0 Å². The SMILES string of the molecule is C[CH-]C.[Ru+]. The average molecular weight is 144 g/mol. The average Bonchev–Trinajstić information content (AvgIpc) is 0.918. The summed E-state index contributed by atoms with van der Waals surface area (Å²) in [5.74, 6) is 0. The van der Waals surface area contributed by atoms with Crippen molar-refractivity contribution in [1.29, 1.82) is 0 Å². The Morgan fingerprint density at radius 1 is 1.25 bits per heavy atom. The first kappa shape index (κ1) is 8.82. The van der Waals surface area contributed by atoms with Gasteiger partial charge in [0.25, 0.3) is 0 Å². The summed E-state index contributed by atoms with van der Waals surface area (Å²) in [7, 11) is 0. The van der Waals surface area contributed by atoms with Gasteiger partial charge < -0.3 is 6.42 Å². The molecule has 0 saturated heterocycles. The first-order valence-corrected chi connectivity index (χ1v) is 1.15. The topological polar surface area (TPSA) is 0 Å². The van der Waals surface area contributed by atoms with Crippen LogP contribution in [0.1, 0.15) is 13.8 Å². The Hall–Kier alpha value is 0.623. The zero-order valence-corrected chi connectivity index (χ0v) is 4.67. The minimum absolute atomic E-state index is 0. The Balaban J connectivity index is 0. The van der Waals surface area contributed by atoms with Crippen molar-refractivity contribution < 1.29 is 19.5 Å². The summed E-state index contributed by atoms with van der Waals surface area (Å²) in [6, 6.07) is 0. The Kier molecular flexibility index (Phi) is 20.9. The van der Waals surface area contributed by atoms with Gasteiger partial charge in [-0.15, -0.1) is 0 Å². The van der Waals surface area contributed by atoms with Crippen LogP contribution in [-0.2, 0) is 19.5 Å². The van der Waals surface area contributed by atoms with Gasteiger partial charge in [-0.3, -0.25) is 0 Å². The molecule has 1 radical (unpaired) electrons. The largest absolute Gasteiger partial charge is 1.00 e. The fourth-order valence-corrected chi connectivity index (χ4v) is 0. The minimum atomic E-state index is 0. The van der Waals surface area contributed by atoms with Gasteiger partial charge in [0.05, 0.1) is 0 Å². The molecule has 0 unspecified atom stereocenters. The third-order valence-corrected chi connectivity index (χ3v) is 0. The van der Waals surface area contributed by atoms with Crippen molar-refractivity contribution in [2.45, 2.75) is 13.8 Å². The molecule has 0 aliphatic carbocycles. The standard InChI is InChI=1S/C3H7.Ru/c1-3-2;/h3H,1-2H3;/q-1;+1. The molecule has 0 fully saturated rings. The van der Waals surface area contributed by atoms with Crippen LogP contribution in [0.25, 0.3) is 0 Å². The van der Waals surface area contributed by atoms with Crippen LogP contribution in [0.3, 0.4) is 0 Å². The Morgan fingerprint density at radius 2 is 1.25 bits per heavy atom. The van der Waals surface area contributed by atoms with E-state index in [1.165, 1.54) is 0 Å². The normalized spacial score (nSPS) is 4.50. The molecule has 0 aliphatic rings. The van der Waals surface area contributed by atoms with Gasteiger partial charge in [0.15, 0.2) is 0 Å². The maximum atomic E-state index is 2.00. The second-order valence-electron chi connectivity index (χ2n) is 0.577. The third-order valence-electron chi connectivity index (χ3n) is 0. The van der Waals surface area contributed by atoms with Crippen molar-refractivity contribution in [3.8, 4) is 0 Å². The summed E-state index contributed by atoms with van der Waals surface area (Å²) in [5.41, 5.74) is 0. The van der Waals surface area contributed by atoms with Crippen LogP contribution in [0.2, 0.25) is 0 Å². The van der Waals surface area contributed by atoms with Gasteiger partial charge in [-0.2, -0.15) is 13.8 Å². The van der Waals surface area contributed by atoms with E-state index in [0.717, 1.165) is 0 Å². The van der Waals surface area contributed by atoms with E-state index in [9.17, 15) is 0 Å².